The summed E-state index contributed by atoms with van der Waals surface area (Å²) in [5.41, 5.74) is 1.39. The number of methoxy groups -OCH3 is 2. The van der Waals surface area contributed by atoms with Crippen LogP contribution in [0, 0.1) is 0 Å². The van der Waals surface area contributed by atoms with Crippen LogP contribution in [0.2, 0.25) is 0 Å². The summed E-state index contributed by atoms with van der Waals surface area (Å²) in [4.78, 5) is 23.5. The van der Waals surface area contributed by atoms with Crippen molar-refractivity contribution in [2.45, 2.75) is 19.3 Å². The fourth-order valence-electron chi connectivity index (χ4n) is 1.90. The molecule has 3 N–H and O–H groups in total. The second kappa shape index (κ2) is 9.14. The van der Waals surface area contributed by atoms with Crippen LogP contribution in [0.25, 0.3) is 0 Å². The Morgan fingerprint density at radius 1 is 1.23 bits per heavy atom. The molecule has 2 amide bonds. The lowest BCUT2D eigenvalue weighted by Crippen LogP contribution is -2.44. The fraction of sp³-hybridized carbons (Fsp3) is 0.467. The minimum absolute atomic E-state index is 0.163. The number of carbonyl (C=O) groups excluding carboxylic acids is 2. The zero-order valence-corrected chi connectivity index (χ0v) is 13.3. The maximum Gasteiger partial charge on any atom is 0.246 e. The van der Waals surface area contributed by atoms with Gasteiger partial charge in [-0.2, -0.15) is 0 Å². The molecule has 0 aliphatic carbocycles. The largest absolute Gasteiger partial charge is 0.352 e. The SMILES string of the molecule is CNCC(=O)NC(C)C(=O)Nc1cccc(C(OC)OC)c1. The number of ether oxygens (including phenoxy) is 2. The van der Waals surface area contributed by atoms with Crippen molar-refractivity contribution in [3.05, 3.63) is 29.8 Å². The van der Waals surface area contributed by atoms with Gasteiger partial charge in [-0.05, 0) is 26.1 Å². The van der Waals surface area contributed by atoms with Gasteiger partial charge in [0.15, 0.2) is 6.29 Å². The Hall–Kier alpha value is -1.96. The number of carbonyl (C=O) groups is 2. The van der Waals surface area contributed by atoms with E-state index in [0.717, 1.165) is 5.56 Å². The lowest BCUT2D eigenvalue weighted by Gasteiger charge is -2.17. The van der Waals surface area contributed by atoms with Crippen molar-refractivity contribution in [1.82, 2.24) is 10.6 Å². The Morgan fingerprint density at radius 2 is 1.91 bits per heavy atom. The molecule has 0 radical (unpaired) electrons. The van der Waals surface area contributed by atoms with Crippen molar-refractivity contribution >= 4 is 17.5 Å². The number of hydrogen-bond donors (Lipinski definition) is 3. The van der Waals surface area contributed by atoms with Gasteiger partial charge in [0.25, 0.3) is 0 Å². The lowest BCUT2D eigenvalue weighted by atomic mass is 10.2. The van der Waals surface area contributed by atoms with Gasteiger partial charge in [-0.1, -0.05) is 12.1 Å². The zero-order valence-electron chi connectivity index (χ0n) is 13.3. The second-order valence-electron chi connectivity index (χ2n) is 4.74. The van der Waals surface area contributed by atoms with Crippen LogP contribution in [-0.4, -0.2) is 45.7 Å². The van der Waals surface area contributed by atoms with Gasteiger partial charge < -0.3 is 25.4 Å². The van der Waals surface area contributed by atoms with Gasteiger partial charge in [0, 0.05) is 25.5 Å². The van der Waals surface area contributed by atoms with E-state index in [1.165, 1.54) is 0 Å². The first-order valence-corrected chi connectivity index (χ1v) is 6.92. The molecule has 0 aromatic heterocycles. The molecule has 7 nitrogen and oxygen atoms in total. The molecule has 0 aliphatic heterocycles. The maximum absolute atomic E-state index is 12.1. The van der Waals surface area contributed by atoms with Crippen LogP contribution in [0.1, 0.15) is 18.8 Å². The van der Waals surface area contributed by atoms with Crippen molar-refractivity contribution in [3.63, 3.8) is 0 Å². The highest BCUT2D eigenvalue weighted by Gasteiger charge is 2.16. The van der Waals surface area contributed by atoms with Gasteiger partial charge in [0.2, 0.25) is 11.8 Å². The van der Waals surface area contributed by atoms with Crippen molar-refractivity contribution < 1.29 is 19.1 Å². The predicted octanol–water partition coefficient (Wildman–Crippen LogP) is 0.641. The van der Waals surface area contributed by atoms with Crippen molar-refractivity contribution in [2.24, 2.45) is 0 Å². The van der Waals surface area contributed by atoms with Crippen LogP contribution < -0.4 is 16.0 Å². The molecule has 0 saturated heterocycles. The molecule has 1 atom stereocenters. The number of likely N-dealkylation sites (N-methyl/N-ethyl adjacent to an activating group) is 1. The van der Waals surface area contributed by atoms with E-state index in [-0.39, 0.29) is 18.4 Å². The third kappa shape index (κ3) is 5.44. The Balaban J connectivity index is 2.68. The van der Waals surface area contributed by atoms with Gasteiger partial charge in [-0.25, -0.2) is 0 Å². The first kappa shape index (κ1) is 18.1. The number of amides is 2. The lowest BCUT2D eigenvalue weighted by molar-refractivity contribution is -0.125. The molecular formula is C15H23N3O4. The molecule has 0 bridgehead atoms. The van der Waals surface area contributed by atoms with Crippen LogP contribution in [0.3, 0.4) is 0 Å². The number of anilines is 1. The van der Waals surface area contributed by atoms with Crippen LogP contribution in [0.15, 0.2) is 24.3 Å². The first-order chi connectivity index (χ1) is 10.5. The normalized spacial score (nSPS) is 12.0. The van der Waals surface area contributed by atoms with Crippen LogP contribution in [0.4, 0.5) is 5.69 Å². The summed E-state index contributed by atoms with van der Waals surface area (Å²) in [6, 6.07) is 6.51. The topological polar surface area (TPSA) is 88.7 Å². The highest BCUT2D eigenvalue weighted by molar-refractivity contribution is 5.97. The second-order valence-corrected chi connectivity index (χ2v) is 4.74. The number of nitrogens with one attached hydrogen (secondary N) is 3. The van der Waals surface area contributed by atoms with Crippen LogP contribution in [-0.2, 0) is 19.1 Å². The average molecular weight is 309 g/mol. The summed E-state index contributed by atoms with van der Waals surface area (Å²) >= 11 is 0. The molecule has 1 aromatic carbocycles. The molecular weight excluding hydrogens is 286 g/mol. The Labute approximate surface area is 130 Å². The van der Waals surface area contributed by atoms with Gasteiger partial charge >= 0.3 is 0 Å². The summed E-state index contributed by atoms with van der Waals surface area (Å²) in [6.07, 6.45) is -0.496. The number of hydrogen-bond acceptors (Lipinski definition) is 5. The smallest absolute Gasteiger partial charge is 0.246 e. The number of rotatable bonds is 8. The molecule has 1 rings (SSSR count). The van der Waals surface area contributed by atoms with Crippen molar-refractivity contribution in [3.8, 4) is 0 Å². The van der Waals surface area contributed by atoms with Gasteiger partial charge in [-0.15, -0.1) is 0 Å². The average Bonchev–Trinajstić information content (AvgIpc) is 2.49. The highest BCUT2D eigenvalue weighted by atomic mass is 16.7. The van der Waals surface area contributed by atoms with E-state index in [2.05, 4.69) is 16.0 Å². The van der Waals surface area contributed by atoms with E-state index in [4.69, 9.17) is 9.47 Å². The monoisotopic (exact) mass is 309 g/mol. The summed E-state index contributed by atoms with van der Waals surface area (Å²) < 4.78 is 10.3. The maximum atomic E-state index is 12.1. The molecule has 0 saturated carbocycles. The molecule has 0 spiro atoms. The van der Waals surface area contributed by atoms with Crippen LogP contribution in [0.5, 0.6) is 0 Å². The summed E-state index contributed by atoms with van der Waals surface area (Å²) in [5, 5.41) is 8.07. The van der Waals surface area contributed by atoms with E-state index in [9.17, 15) is 9.59 Å². The van der Waals surface area contributed by atoms with E-state index >= 15 is 0 Å². The Bertz CT molecular complexity index is 503. The van der Waals surface area contributed by atoms with E-state index in [1.54, 1.807) is 46.4 Å². The molecule has 1 unspecified atom stereocenters. The first-order valence-electron chi connectivity index (χ1n) is 6.92. The van der Waals surface area contributed by atoms with Gasteiger partial charge in [0.05, 0.1) is 6.54 Å². The third-order valence-electron chi connectivity index (χ3n) is 2.96. The molecule has 0 heterocycles. The molecule has 122 valence electrons. The predicted molar refractivity (Wildman–Crippen MR) is 83.4 cm³/mol. The van der Waals surface area contributed by atoms with E-state index < -0.39 is 12.3 Å². The summed E-state index contributed by atoms with van der Waals surface area (Å²) in [5.74, 6) is -0.536. The standard InChI is InChI=1S/C15H23N3O4/c1-10(17-13(19)9-16-2)14(20)18-12-7-5-6-11(8-12)15(21-3)22-4/h5-8,10,15-16H,9H2,1-4H3,(H,17,19)(H,18,20). The molecule has 1 aromatic rings. The molecule has 22 heavy (non-hydrogen) atoms. The molecule has 0 aliphatic rings. The highest BCUT2D eigenvalue weighted by Crippen LogP contribution is 2.20. The molecule has 7 heteroatoms. The minimum atomic E-state index is -0.634. The van der Waals surface area contributed by atoms with E-state index in [1.807, 2.05) is 6.07 Å². The minimum Gasteiger partial charge on any atom is -0.352 e. The third-order valence-corrected chi connectivity index (χ3v) is 2.96. The van der Waals surface area contributed by atoms with Gasteiger partial charge in [0.1, 0.15) is 6.04 Å². The number of benzene rings is 1. The van der Waals surface area contributed by atoms with Gasteiger partial charge in [-0.3, -0.25) is 9.59 Å². The fourth-order valence-corrected chi connectivity index (χ4v) is 1.90. The molecule has 0 fully saturated rings. The van der Waals surface area contributed by atoms with Crippen LogP contribution >= 0.6 is 0 Å². The summed E-state index contributed by atoms with van der Waals surface area (Å²) in [7, 11) is 4.75. The summed E-state index contributed by atoms with van der Waals surface area (Å²) in [6.45, 7) is 1.79. The Kier molecular flexibility index (Phi) is 7.51. The van der Waals surface area contributed by atoms with E-state index in [0.29, 0.717) is 5.69 Å². The quantitative estimate of drug-likeness (QED) is 0.613. The zero-order chi connectivity index (χ0) is 16.5. The Morgan fingerprint density at radius 3 is 2.50 bits per heavy atom. The van der Waals surface area contributed by atoms with Crippen molar-refractivity contribution in [2.75, 3.05) is 33.1 Å². The van der Waals surface area contributed by atoms with Crippen molar-refractivity contribution in [1.29, 1.82) is 0 Å².